The van der Waals surface area contributed by atoms with E-state index < -0.39 is 11.5 Å². The Morgan fingerprint density at radius 3 is 2.44 bits per heavy atom. The summed E-state index contributed by atoms with van der Waals surface area (Å²) in [6.45, 7) is 9.83. The van der Waals surface area contributed by atoms with Crippen LogP contribution in [0.4, 0.5) is 0 Å². The van der Waals surface area contributed by atoms with Crippen molar-refractivity contribution in [3.05, 3.63) is 34.4 Å². The second-order valence-electron chi connectivity index (χ2n) is 5.62. The van der Waals surface area contributed by atoms with Gasteiger partial charge in [0.05, 0.1) is 0 Å². The standard InChI is InChI=1S/C15H23NO2/c1-9-6-10(2)12(4)13(7-9)11(3)8-15(5,16)14(17)18/h6-7,11H,8,16H2,1-5H3,(H,17,18). The number of hydrogen-bond donors (Lipinski definition) is 2. The van der Waals surface area contributed by atoms with E-state index in [1.165, 1.54) is 22.3 Å². The number of carboxylic acid groups (broad SMARTS) is 1. The van der Waals surface area contributed by atoms with Gasteiger partial charge in [-0.2, -0.15) is 0 Å². The highest BCUT2D eigenvalue weighted by Gasteiger charge is 2.30. The van der Waals surface area contributed by atoms with E-state index in [9.17, 15) is 4.79 Å². The van der Waals surface area contributed by atoms with Crippen molar-refractivity contribution in [3.8, 4) is 0 Å². The molecule has 0 aliphatic heterocycles. The molecule has 0 aliphatic carbocycles. The maximum absolute atomic E-state index is 11.1. The van der Waals surface area contributed by atoms with Crippen molar-refractivity contribution in [1.82, 2.24) is 0 Å². The lowest BCUT2D eigenvalue weighted by atomic mass is 9.83. The van der Waals surface area contributed by atoms with E-state index in [1.807, 2.05) is 6.92 Å². The Balaban J connectivity index is 3.05. The maximum Gasteiger partial charge on any atom is 0.323 e. The highest BCUT2D eigenvalue weighted by molar-refractivity contribution is 5.77. The van der Waals surface area contributed by atoms with Gasteiger partial charge in [-0.15, -0.1) is 0 Å². The van der Waals surface area contributed by atoms with Gasteiger partial charge in [-0.3, -0.25) is 4.79 Å². The van der Waals surface area contributed by atoms with Crippen LogP contribution < -0.4 is 5.73 Å². The first-order chi connectivity index (χ1) is 8.15. The number of rotatable bonds is 4. The monoisotopic (exact) mass is 249 g/mol. The molecule has 0 radical (unpaired) electrons. The van der Waals surface area contributed by atoms with Gasteiger partial charge in [-0.25, -0.2) is 0 Å². The van der Waals surface area contributed by atoms with E-state index in [0.29, 0.717) is 6.42 Å². The molecule has 2 atom stereocenters. The van der Waals surface area contributed by atoms with Crippen molar-refractivity contribution >= 4 is 5.97 Å². The minimum atomic E-state index is -1.18. The molecule has 0 fully saturated rings. The summed E-state index contributed by atoms with van der Waals surface area (Å²) in [6.07, 6.45) is 0.437. The Hall–Kier alpha value is -1.35. The minimum Gasteiger partial charge on any atom is -0.480 e. The van der Waals surface area contributed by atoms with Crippen LogP contribution in [0.5, 0.6) is 0 Å². The van der Waals surface area contributed by atoms with Crippen LogP contribution in [-0.4, -0.2) is 16.6 Å². The van der Waals surface area contributed by atoms with Crippen molar-refractivity contribution in [3.63, 3.8) is 0 Å². The lowest BCUT2D eigenvalue weighted by Gasteiger charge is -2.25. The minimum absolute atomic E-state index is 0.134. The molecule has 0 saturated carbocycles. The summed E-state index contributed by atoms with van der Waals surface area (Å²) in [5.74, 6) is -0.814. The molecule has 0 aromatic heterocycles. The van der Waals surface area contributed by atoms with E-state index in [2.05, 4.69) is 32.9 Å². The molecule has 100 valence electrons. The number of aliphatic carboxylic acids is 1. The average molecular weight is 249 g/mol. The normalized spacial score (nSPS) is 16.1. The van der Waals surface area contributed by atoms with E-state index in [4.69, 9.17) is 10.8 Å². The van der Waals surface area contributed by atoms with Crippen LogP contribution in [0.25, 0.3) is 0 Å². The summed E-state index contributed by atoms with van der Waals surface area (Å²) in [7, 11) is 0. The smallest absolute Gasteiger partial charge is 0.323 e. The molecule has 0 bridgehead atoms. The molecule has 2 unspecified atom stereocenters. The first-order valence-electron chi connectivity index (χ1n) is 6.25. The van der Waals surface area contributed by atoms with Crippen LogP contribution in [-0.2, 0) is 4.79 Å². The van der Waals surface area contributed by atoms with Crippen molar-refractivity contribution in [1.29, 1.82) is 0 Å². The quantitative estimate of drug-likeness (QED) is 0.862. The van der Waals surface area contributed by atoms with E-state index >= 15 is 0 Å². The molecule has 18 heavy (non-hydrogen) atoms. The fourth-order valence-corrected chi connectivity index (χ4v) is 2.42. The summed E-state index contributed by atoms with van der Waals surface area (Å²) in [5.41, 5.74) is 9.52. The fraction of sp³-hybridized carbons (Fsp3) is 0.533. The van der Waals surface area contributed by atoms with Crippen LogP contribution >= 0.6 is 0 Å². The van der Waals surface area contributed by atoms with Gasteiger partial charge in [-0.05, 0) is 56.7 Å². The van der Waals surface area contributed by atoms with E-state index in [1.54, 1.807) is 6.92 Å². The average Bonchev–Trinajstić information content (AvgIpc) is 2.22. The third kappa shape index (κ3) is 3.10. The largest absolute Gasteiger partial charge is 0.480 e. The van der Waals surface area contributed by atoms with Crippen molar-refractivity contribution in [2.24, 2.45) is 5.73 Å². The Morgan fingerprint density at radius 1 is 1.39 bits per heavy atom. The molecule has 0 amide bonds. The molecular weight excluding hydrogens is 226 g/mol. The number of hydrogen-bond acceptors (Lipinski definition) is 2. The lowest BCUT2D eigenvalue weighted by molar-refractivity contribution is -0.143. The van der Waals surface area contributed by atoms with Crippen LogP contribution in [0.3, 0.4) is 0 Å². The first kappa shape index (κ1) is 14.7. The predicted octanol–water partition coefficient (Wildman–Crippen LogP) is 2.91. The Bertz CT molecular complexity index is 464. The van der Waals surface area contributed by atoms with Gasteiger partial charge in [-0.1, -0.05) is 24.6 Å². The summed E-state index contributed by atoms with van der Waals surface area (Å²) < 4.78 is 0. The lowest BCUT2D eigenvalue weighted by Crippen LogP contribution is -2.45. The van der Waals surface area contributed by atoms with Gasteiger partial charge in [0.1, 0.15) is 5.54 Å². The number of carboxylic acids is 1. The van der Waals surface area contributed by atoms with Crippen LogP contribution in [0.15, 0.2) is 12.1 Å². The van der Waals surface area contributed by atoms with Crippen molar-refractivity contribution in [2.45, 2.75) is 52.5 Å². The zero-order chi connectivity index (χ0) is 14.1. The van der Waals surface area contributed by atoms with Gasteiger partial charge in [0.15, 0.2) is 0 Å². The van der Waals surface area contributed by atoms with Gasteiger partial charge in [0.25, 0.3) is 0 Å². The Kier molecular flexibility index (Phi) is 4.17. The molecule has 0 spiro atoms. The fourth-order valence-electron chi connectivity index (χ4n) is 2.42. The molecule has 3 nitrogen and oxygen atoms in total. The van der Waals surface area contributed by atoms with Gasteiger partial charge in [0, 0.05) is 0 Å². The van der Waals surface area contributed by atoms with Gasteiger partial charge >= 0.3 is 5.97 Å². The summed E-state index contributed by atoms with van der Waals surface area (Å²) >= 11 is 0. The Labute approximate surface area is 109 Å². The second kappa shape index (κ2) is 5.11. The zero-order valence-corrected chi connectivity index (χ0v) is 11.9. The van der Waals surface area contributed by atoms with Gasteiger partial charge in [0.2, 0.25) is 0 Å². The van der Waals surface area contributed by atoms with Crippen molar-refractivity contribution in [2.75, 3.05) is 0 Å². The summed E-state index contributed by atoms with van der Waals surface area (Å²) in [4.78, 5) is 11.1. The number of carbonyl (C=O) groups is 1. The number of nitrogens with two attached hydrogens (primary N) is 1. The van der Waals surface area contributed by atoms with Gasteiger partial charge < -0.3 is 10.8 Å². The summed E-state index contributed by atoms with van der Waals surface area (Å²) in [5, 5.41) is 9.09. The number of benzene rings is 1. The second-order valence-corrected chi connectivity index (χ2v) is 5.62. The molecule has 0 saturated heterocycles. The number of aryl methyl sites for hydroxylation is 2. The van der Waals surface area contributed by atoms with E-state index in [0.717, 1.165) is 0 Å². The molecule has 1 aromatic carbocycles. The molecule has 1 aromatic rings. The Morgan fingerprint density at radius 2 is 1.94 bits per heavy atom. The van der Waals surface area contributed by atoms with Crippen LogP contribution in [0.1, 0.15) is 48.4 Å². The molecule has 3 N–H and O–H groups in total. The SMILES string of the molecule is Cc1cc(C)c(C)c(C(C)CC(C)(N)C(=O)O)c1. The topological polar surface area (TPSA) is 63.3 Å². The third-order valence-corrected chi connectivity index (χ3v) is 3.60. The molecule has 0 heterocycles. The molecule has 1 rings (SSSR count). The zero-order valence-electron chi connectivity index (χ0n) is 11.9. The van der Waals surface area contributed by atoms with Crippen molar-refractivity contribution < 1.29 is 9.90 Å². The van der Waals surface area contributed by atoms with Crippen LogP contribution in [0, 0.1) is 20.8 Å². The molecule has 0 aliphatic rings. The maximum atomic E-state index is 11.1. The highest BCUT2D eigenvalue weighted by Crippen LogP contribution is 2.29. The first-order valence-corrected chi connectivity index (χ1v) is 6.25. The third-order valence-electron chi connectivity index (χ3n) is 3.60. The summed E-state index contributed by atoms with van der Waals surface area (Å²) in [6, 6.07) is 4.27. The molecule has 3 heteroatoms. The van der Waals surface area contributed by atoms with Crippen LogP contribution in [0.2, 0.25) is 0 Å². The molecular formula is C15H23NO2. The predicted molar refractivity (Wildman–Crippen MR) is 73.9 cm³/mol. The highest BCUT2D eigenvalue weighted by atomic mass is 16.4. The van der Waals surface area contributed by atoms with E-state index in [-0.39, 0.29) is 5.92 Å².